The molecule has 0 aromatic carbocycles. The first-order chi connectivity index (χ1) is 7.50. The van der Waals surface area contributed by atoms with Gasteiger partial charge >= 0.3 is 0 Å². The number of carbonyl (C=O) groups is 1. The average Bonchev–Trinajstić information content (AvgIpc) is 2.26. The van der Waals surface area contributed by atoms with Gasteiger partial charge in [-0.2, -0.15) is 0 Å². The summed E-state index contributed by atoms with van der Waals surface area (Å²) in [6.07, 6.45) is 2.93. The molecular formula is C12H22N2O2. The minimum atomic E-state index is -0.967. The number of primary amides is 1. The van der Waals surface area contributed by atoms with E-state index in [9.17, 15) is 9.90 Å². The number of carbonyl (C=O) groups excluding carboxylic acids is 1. The number of hydrogen-bond donors (Lipinski definition) is 2. The van der Waals surface area contributed by atoms with Crippen molar-refractivity contribution in [3.05, 3.63) is 11.6 Å². The summed E-state index contributed by atoms with van der Waals surface area (Å²) in [7, 11) is 0. The molecule has 0 aliphatic carbocycles. The maximum Gasteiger partial charge on any atom is 0.246 e. The van der Waals surface area contributed by atoms with Crippen LogP contribution in [0.2, 0.25) is 0 Å². The molecular weight excluding hydrogens is 204 g/mol. The summed E-state index contributed by atoms with van der Waals surface area (Å²) in [4.78, 5) is 13.2. The van der Waals surface area contributed by atoms with Crippen molar-refractivity contribution in [3.63, 3.8) is 0 Å². The van der Waals surface area contributed by atoms with Gasteiger partial charge in [-0.3, -0.25) is 9.69 Å². The Labute approximate surface area is 97.1 Å². The molecule has 1 aliphatic rings. The van der Waals surface area contributed by atoms with Gasteiger partial charge in [-0.25, -0.2) is 0 Å². The van der Waals surface area contributed by atoms with Gasteiger partial charge in [0.05, 0.1) is 0 Å². The number of aliphatic hydroxyl groups is 1. The summed E-state index contributed by atoms with van der Waals surface area (Å²) < 4.78 is 0. The molecule has 0 unspecified atom stereocenters. The number of nitrogens with zero attached hydrogens (tertiary/aromatic N) is 1. The van der Waals surface area contributed by atoms with Crippen LogP contribution in [-0.2, 0) is 4.79 Å². The van der Waals surface area contributed by atoms with E-state index < -0.39 is 12.0 Å². The van der Waals surface area contributed by atoms with E-state index >= 15 is 0 Å². The van der Waals surface area contributed by atoms with Gasteiger partial charge in [-0.1, -0.05) is 11.6 Å². The van der Waals surface area contributed by atoms with Crippen LogP contribution in [0.4, 0.5) is 0 Å². The van der Waals surface area contributed by atoms with Crippen LogP contribution >= 0.6 is 0 Å². The predicted octanol–water partition coefficient (Wildman–Crippen LogP) is 0.511. The molecule has 1 amide bonds. The molecule has 4 heteroatoms. The highest BCUT2D eigenvalue weighted by Crippen LogP contribution is 2.20. The third-order valence-corrected chi connectivity index (χ3v) is 3.13. The number of likely N-dealkylation sites (tertiary alicyclic amines) is 1. The molecule has 0 aromatic rings. The fraction of sp³-hybridized carbons (Fsp3) is 0.750. The molecule has 0 spiro atoms. The quantitative estimate of drug-likeness (QED) is 0.686. The molecule has 16 heavy (non-hydrogen) atoms. The average molecular weight is 226 g/mol. The van der Waals surface area contributed by atoms with Gasteiger partial charge in [-0.15, -0.1) is 0 Å². The first kappa shape index (κ1) is 13.2. The predicted molar refractivity (Wildman–Crippen MR) is 63.8 cm³/mol. The minimum absolute atomic E-state index is 0.0421. The van der Waals surface area contributed by atoms with Crippen molar-refractivity contribution in [2.45, 2.75) is 32.8 Å². The summed E-state index contributed by atoms with van der Waals surface area (Å²) in [5, 5.41) is 9.55. The van der Waals surface area contributed by atoms with E-state index in [1.165, 1.54) is 5.57 Å². The van der Waals surface area contributed by atoms with Crippen molar-refractivity contribution in [2.24, 2.45) is 11.7 Å². The molecule has 4 nitrogen and oxygen atoms in total. The van der Waals surface area contributed by atoms with Crippen LogP contribution in [0.25, 0.3) is 0 Å². The summed E-state index contributed by atoms with van der Waals surface area (Å²) in [5.74, 6) is -0.553. The second-order valence-electron chi connectivity index (χ2n) is 4.77. The van der Waals surface area contributed by atoms with E-state index in [4.69, 9.17) is 5.73 Å². The standard InChI is InChI=1S/C12H22N2O2/c1-9(2)3-6-14-7-4-10(5-8-14)11(15)12(13)16/h3,10-11,15H,4-8H2,1-2H3,(H2,13,16)/t11-/m0/s1. The van der Waals surface area contributed by atoms with E-state index in [1.54, 1.807) is 0 Å². The highest BCUT2D eigenvalue weighted by Gasteiger charge is 2.27. The highest BCUT2D eigenvalue weighted by molar-refractivity contribution is 5.78. The van der Waals surface area contributed by atoms with Crippen molar-refractivity contribution < 1.29 is 9.90 Å². The zero-order valence-electron chi connectivity index (χ0n) is 10.1. The van der Waals surface area contributed by atoms with Gasteiger partial charge in [0, 0.05) is 6.54 Å². The molecule has 1 fully saturated rings. The fourth-order valence-corrected chi connectivity index (χ4v) is 2.00. The summed E-state index contributed by atoms with van der Waals surface area (Å²) in [6.45, 7) is 6.99. The molecule has 3 N–H and O–H groups in total. The molecule has 0 bridgehead atoms. The smallest absolute Gasteiger partial charge is 0.246 e. The van der Waals surface area contributed by atoms with Crippen molar-refractivity contribution in [2.75, 3.05) is 19.6 Å². The van der Waals surface area contributed by atoms with Crippen LogP contribution in [0.3, 0.4) is 0 Å². The van der Waals surface area contributed by atoms with E-state index in [1.807, 2.05) is 0 Å². The van der Waals surface area contributed by atoms with Gasteiger partial charge in [0.2, 0.25) is 5.91 Å². The van der Waals surface area contributed by atoms with Crippen molar-refractivity contribution >= 4 is 5.91 Å². The lowest BCUT2D eigenvalue weighted by atomic mass is 9.91. The second kappa shape index (κ2) is 6.01. The number of hydrogen-bond acceptors (Lipinski definition) is 3. The Balaban J connectivity index is 2.34. The van der Waals surface area contributed by atoms with E-state index in [0.717, 1.165) is 32.5 Å². The zero-order valence-corrected chi connectivity index (χ0v) is 10.1. The Morgan fingerprint density at radius 3 is 2.50 bits per heavy atom. The lowest BCUT2D eigenvalue weighted by Gasteiger charge is -2.32. The Kier molecular flexibility index (Phi) is 4.96. The van der Waals surface area contributed by atoms with Crippen molar-refractivity contribution in [1.29, 1.82) is 0 Å². The summed E-state index contributed by atoms with van der Waals surface area (Å²) in [5.41, 5.74) is 6.41. The number of nitrogens with two attached hydrogens (primary N) is 1. The van der Waals surface area contributed by atoms with Crippen LogP contribution in [0.15, 0.2) is 11.6 Å². The zero-order chi connectivity index (χ0) is 12.1. The SMILES string of the molecule is CC(C)=CCN1CCC([C@H](O)C(N)=O)CC1. The van der Waals surface area contributed by atoms with E-state index in [0.29, 0.717) is 0 Å². The first-order valence-electron chi connectivity index (χ1n) is 5.84. The van der Waals surface area contributed by atoms with E-state index in [2.05, 4.69) is 24.8 Å². The maximum absolute atomic E-state index is 10.8. The Hall–Kier alpha value is -0.870. The number of amides is 1. The molecule has 0 aromatic heterocycles. The highest BCUT2D eigenvalue weighted by atomic mass is 16.3. The largest absolute Gasteiger partial charge is 0.383 e. The number of allylic oxidation sites excluding steroid dienone is 1. The topological polar surface area (TPSA) is 66.6 Å². The lowest BCUT2D eigenvalue weighted by molar-refractivity contribution is -0.129. The van der Waals surface area contributed by atoms with Crippen LogP contribution < -0.4 is 5.73 Å². The van der Waals surface area contributed by atoms with Gasteiger partial charge in [0.1, 0.15) is 6.10 Å². The van der Waals surface area contributed by atoms with Gasteiger partial charge in [-0.05, 0) is 45.7 Å². The molecule has 1 aliphatic heterocycles. The minimum Gasteiger partial charge on any atom is -0.383 e. The molecule has 92 valence electrons. The van der Waals surface area contributed by atoms with Gasteiger partial charge < -0.3 is 10.8 Å². The summed E-state index contributed by atoms with van der Waals surface area (Å²) >= 11 is 0. The summed E-state index contributed by atoms with van der Waals surface area (Å²) in [6, 6.07) is 0. The third kappa shape index (κ3) is 3.94. The Bertz CT molecular complexity index is 264. The first-order valence-corrected chi connectivity index (χ1v) is 5.84. The second-order valence-corrected chi connectivity index (χ2v) is 4.77. The fourth-order valence-electron chi connectivity index (χ4n) is 2.00. The Morgan fingerprint density at radius 2 is 2.06 bits per heavy atom. The van der Waals surface area contributed by atoms with Crippen molar-refractivity contribution in [3.8, 4) is 0 Å². The third-order valence-electron chi connectivity index (χ3n) is 3.13. The van der Waals surface area contributed by atoms with Crippen LogP contribution in [0.1, 0.15) is 26.7 Å². The van der Waals surface area contributed by atoms with Crippen LogP contribution in [0.5, 0.6) is 0 Å². The van der Waals surface area contributed by atoms with E-state index in [-0.39, 0.29) is 5.92 Å². The monoisotopic (exact) mass is 226 g/mol. The van der Waals surface area contributed by atoms with Crippen molar-refractivity contribution in [1.82, 2.24) is 4.90 Å². The van der Waals surface area contributed by atoms with Gasteiger partial charge in [0.15, 0.2) is 0 Å². The molecule has 0 radical (unpaired) electrons. The normalized spacial score (nSPS) is 20.4. The molecule has 1 heterocycles. The van der Waals surface area contributed by atoms with Crippen LogP contribution in [-0.4, -0.2) is 41.7 Å². The number of aliphatic hydroxyl groups excluding tert-OH is 1. The molecule has 1 rings (SSSR count). The Morgan fingerprint density at radius 1 is 1.50 bits per heavy atom. The van der Waals surface area contributed by atoms with Crippen LogP contribution in [0, 0.1) is 5.92 Å². The lowest BCUT2D eigenvalue weighted by Crippen LogP contribution is -2.42. The maximum atomic E-state index is 10.8. The molecule has 1 atom stereocenters. The van der Waals surface area contributed by atoms with Gasteiger partial charge in [0.25, 0.3) is 0 Å². The molecule has 0 saturated carbocycles. The number of piperidine rings is 1. The number of rotatable bonds is 4. The molecule has 1 saturated heterocycles.